The van der Waals surface area contributed by atoms with Gasteiger partial charge in [0.2, 0.25) is 0 Å². The molecular weight excluding hydrogens is 228 g/mol. The standard InChI is InChI=1S/C13H22N4O/c1-10(11-4-7-15-8-5-11)16-9-6-13(2,3)12(14)17-18/h4-5,7-8,10,16,18H,6,9H2,1-3H3,(H2,14,17)/t10-/m0/s1. The van der Waals surface area contributed by atoms with Gasteiger partial charge in [0.1, 0.15) is 5.84 Å². The van der Waals surface area contributed by atoms with Gasteiger partial charge in [0.05, 0.1) is 0 Å². The van der Waals surface area contributed by atoms with Gasteiger partial charge in [0.15, 0.2) is 0 Å². The highest BCUT2D eigenvalue weighted by atomic mass is 16.4. The second kappa shape index (κ2) is 6.35. The van der Waals surface area contributed by atoms with Crippen molar-refractivity contribution in [2.45, 2.75) is 33.2 Å². The number of hydrogen-bond acceptors (Lipinski definition) is 4. The molecule has 18 heavy (non-hydrogen) atoms. The van der Waals surface area contributed by atoms with Crippen LogP contribution < -0.4 is 11.1 Å². The van der Waals surface area contributed by atoms with E-state index in [4.69, 9.17) is 10.9 Å². The zero-order valence-electron chi connectivity index (χ0n) is 11.2. The third-order valence-electron chi connectivity index (χ3n) is 3.21. The van der Waals surface area contributed by atoms with Crippen LogP contribution in [0.2, 0.25) is 0 Å². The molecular formula is C13H22N4O. The molecule has 0 aliphatic heterocycles. The maximum Gasteiger partial charge on any atom is 0.144 e. The predicted octanol–water partition coefficient (Wildman–Crippen LogP) is 1.89. The molecule has 0 aromatic carbocycles. The number of nitrogens with zero attached hydrogens (tertiary/aromatic N) is 2. The van der Waals surface area contributed by atoms with Crippen LogP contribution in [0.3, 0.4) is 0 Å². The molecule has 0 amide bonds. The number of hydrogen-bond donors (Lipinski definition) is 3. The molecule has 1 heterocycles. The second-order valence-corrected chi connectivity index (χ2v) is 5.08. The number of oxime groups is 1. The van der Waals surface area contributed by atoms with Gasteiger partial charge in [-0.15, -0.1) is 0 Å². The highest BCUT2D eigenvalue weighted by molar-refractivity contribution is 5.85. The van der Waals surface area contributed by atoms with E-state index in [1.807, 2.05) is 26.0 Å². The summed E-state index contributed by atoms with van der Waals surface area (Å²) in [5.41, 5.74) is 6.54. The number of aromatic nitrogens is 1. The molecule has 0 saturated heterocycles. The maximum absolute atomic E-state index is 8.69. The van der Waals surface area contributed by atoms with Crippen LogP contribution in [0.1, 0.15) is 38.8 Å². The molecule has 0 saturated carbocycles. The van der Waals surface area contributed by atoms with E-state index in [1.54, 1.807) is 12.4 Å². The van der Waals surface area contributed by atoms with E-state index in [2.05, 4.69) is 22.4 Å². The first kappa shape index (κ1) is 14.4. The zero-order valence-corrected chi connectivity index (χ0v) is 11.2. The van der Waals surface area contributed by atoms with Gasteiger partial charge >= 0.3 is 0 Å². The van der Waals surface area contributed by atoms with E-state index in [9.17, 15) is 0 Å². The van der Waals surface area contributed by atoms with Gasteiger partial charge in [-0.25, -0.2) is 0 Å². The van der Waals surface area contributed by atoms with Crippen molar-refractivity contribution >= 4 is 5.84 Å². The minimum absolute atomic E-state index is 0.260. The second-order valence-electron chi connectivity index (χ2n) is 5.08. The van der Waals surface area contributed by atoms with Gasteiger partial charge in [-0.1, -0.05) is 19.0 Å². The van der Waals surface area contributed by atoms with Crippen LogP contribution in [0.15, 0.2) is 29.7 Å². The summed E-state index contributed by atoms with van der Waals surface area (Å²) in [6.45, 7) is 6.82. The van der Waals surface area contributed by atoms with Gasteiger partial charge < -0.3 is 16.3 Å². The van der Waals surface area contributed by atoms with Crippen LogP contribution in [0.4, 0.5) is 0 Å². The summed E-state index contributed by atoms with van der Waals surface area (Å²) in [6, 6.07) is 4.25. The average molecular weight is 250 g/mol. The van der Waals surface area contributed by atoms with Crippen molar-refractivity contribution in [2.24, 2.45) is 16.3 Å². The molecule has 4 N–H and O–H groups in total. The predicted molar refractivity (Wildman–Crippen MR) is 72.5 cm³/mol. The van der Waals surface area contributed by atoms with Crippen molar-refractivity contribution in [2.75, 3.05) is 6.54 Å². The SMILES string of the molecule is C[C@H](NCCC(C)(C)/C(N)=N/O)c1ccncc1. The normalized spacial score (nSPS) is 14.5. The maximum atomic E-state index is 8.69. The van der Waals surface area contributed by atoms with E-state index in [-0.39, 0.29) is 17.3 Å². The van der Waals surface area contributed by atoms with Crippen LogP contribution in [0, 0.1) is 5.41 Å². The molecule has 0 aliphatic rings. The minimum Gasteiger partial charge on any atom is -0.409 e. The van der Waals surface area contributed by atoms with Crippen molar-refractivity contribution in [3.05, 3.63) is 30.1 Å². The Morgan fingerprint density at radius 2 is 2.11 bits per heavy atom. The van der Waals surface area contributed by atoms with Gasteiger partial charge in [-0.05, 0) is 37.6 Å². The molecule has 0 bridgehead atoms. The van der Waals surface area contributed by atoms with E-state index < -0.39 is 0 Å². The van der Waals surface area contributed by atoms with Crippen LogP contribution in [-0.2, 0) is 0 Å². The summed E-state index contributed by atoms with van der Waals surface area (Å²) < 4.78 is 0. The molecule has 1 atom stereocenters. The first-order chi connectivity index (χ1) is 8.47. The number of rotatable bonds is 6. The topological polar surface area (TPSA) is 83.5 Å². The summed E-state index contributed by atoms with van der Waals surface area (Å²) >= 11 is 0. The highest BCUT2D eigenvalue weighted by Crippen LogP contribution is 2.20. The summed E-state index contributed by atoms with van der Waals surface area (Å²) in [5.74, 6) is 0.265. The van der Waals surface area contributed by atoms with Crippen LogP contribution in [0.5, 0.6) is 0 Å². The van der Waals surface area contributed by atoms with Crippen molar-refractivity contribution in [3.8, 4) is 0 Å². The molecule has 1 aromatic heterocycles. The zero-order chi connectivity index (χ0) is 13.6. The van der Waals surface area contributed by atoms with Crippen LogP contribution >= 0.6 is 0 Å². The smallest absolute Gasteiger partial charge is 0.144 e. The summed E-state index contributed by atoms with van der Waals surface area (Å²) in [7, 11) is 0. The van der Waals surface area contributed by atoms with Gasteiger partial charge in [0.25, 0.3) is 0 Å². The molecule has 1 aromatic rings. The fourth-order valence-electron chi connectivity index (χ4n) is 1.63. The van der Waals surface area contributed by atoms with E-state index in [1.165, 1.54) is 5.56 Å². The molecule has 5 heteroatoms. The number of nitrogens with two attached hydrogens (primary N) is 1. The molecule has 0 spiro atoms. The first-order valence-corrected chi connectivity index (χ1v) is 6.08. The molecule has 0 fully saturated rings. The lowest BCUT2D eigenvalue weighted by Gasteiger charge is -2.24. The fourth-order valence-corrected chi connectivity index (χ4v) is 1.63. The van der Waals surface area contributed by atoms with Crippen molar-refractivity contribution in [1.29, 1.82) is 0 Å². The summed E-state index contributed by atoms with van der Waals surface area (Å²) in [5, 5.41) is 15.2. The lowest BCUT2D eigenvalue weighted by Crippen LogP contribution is -2.35. The largest absolute Gasteiger partial charge is 0.409 e. The molecule has 5 nitrogen and oxygen atoms in total. The lowest BCUT2D eigenvalue weighted by atomic mass is 9.88. The van der Waals surface area contributed by atoms with Crippen molar-refractivity contribution in [1.82, 2.24) is 10.3 Å². The van der Waals surface area contributed by atoms with E-state index in [0.717, 1.165) is 13.0 Å². The Morgan fingerprint density at radius 3 is 2.67 bits per heavy atom. The summed E-state index contributed by atoms with van der Waals surface area (Å²) in [6.07, 6.45) is 4.38. The molecule has 0 unspecified atom stereocenters. The Bertz CT molecular complexity index is 389. The lowest BCUT2D eigenvalue weighted by molar-refractivity contribution is 0.304. The number of amidine groups is 1. The highest BCUT2D eigenvalue weighted by Gasteiger charge is 2.23. The molecule has 0 aliphatic carbocycles. The molecule has 100 valence electrons. The Kier molecular flexibility index (Phi) is 5.09. The van der Waals surface area contributed by atoms with Gasteiger partial charge in [-0.3, -0.25) is 4.98 Å². The van der Waals surface area contributed by atoms with Crippen molar-refractivity contribution in [3.63, 3.8) is 0 Å². The number of pyridine rings is 1. The quantitative estimate of drug-likeness (QED) is 0.311. The van der Waals surface area contributed by atoms with E-state index in [0.29, 0.717) is 0 Å². The molecule has 1 rings (SSSR count). The Hall–Kier alpha value is -1.62. The first-order valence-electron chi connectivity index (χ1n) is 6.08. The number of nitrogens with one attached hydrogen (secondary N) is 1. The van der Waals surface area contributed by atoms with Gasteiger partial charge in [-0.2, -0.15) is 0 Å². The van der Waals surface area contributed by atoms with Crippen LogP contribution in [-0.4, -0.2) is 22.6 Å². The van der Waals surface area contributed by atoms with Gasteiger partial charge in [0, 0.05) is 23.9 Å². The average Bonchev–Trinajstić information content (AvgIpc) is 2.38. The molecule has 0 radical (unpaired) electrons. The Morgan fingerprint density at radius 1 is 1.50 bits per heavy atom. The monoisotopic (exact) mass is 250 g/mol. The van der Waals surface area contributed by atoms with E-state index >= 15 is 0 Å². The fraction of sp³-hybridized carbons (Fsp3) is 0.538. The Labute approximate surface area is 108 Å². The van der Waals surface area contributed by atoms with Crippen molar-refractivity contribution < 1.29 is 5.21 Å². The minimum atomic E-state index is -0.306. The third kappa shape index (κ3) is 4.00. The summed E-state index contributed by atoms with van der Waals surface area (Å²) in [4.78, 5) is 3.99. The third-order valence-corrected chi connectivity index (χ3v) is 3.21. The van der Waals surface area contributed by atoms with Crippen LogP contribution in [0.25, 0.3) is 0 Å². The Balaban J connectivity index is 2.43.